The van der Waals surface area contributed by atoms with Gasteiger partial charge in [0.05, 0.1) is 27.8 Å². The molecule has 0 aliphatic rings. The minimum atomic E-state index is 0.606. The van der Waals surface area contributed by atoms with Crippen LogP contribution in [0.1, 0.15) is 5.56 Å². The van der Waals surface area contributed by atoms with Gasteiger partial charge in [-0.25, -0.2) is 15.0 Å². The fourth-order valence-electron chi connectivity index (χ4n) is 9.23. The molecule has 63 heavy (non-hydrogen) atoms. The van der Waals surface area contributed by atoms with E-state index in [-0.39, 0.29) is 0 Å². The van der Waals surface area contributed by atoms with Gasteiger partial charge in [0.15, 0.2) is 17.5 Å². The minimum Gasteiger partial charge on any atom is -0.309 e. The van der Waals surface area contributed by atoms with E-state index in [0.29, 0.717) is 17.5 Å². The minimum absolute atomic E-state index is 0.606. The first-order chi connectivity index (χ1) is 31.1. The van der Waals surface area contributed by atoms with Crippen molar-refractivity contribution in [1.82, 2.24) is 24.1 Å². The maximum Gasteiger partial charge on any atom is 0.164 e. The van der Waals surface area contributed by atoms with Gasteiger partial charge in [-0.2, -0.15) is 0 Å². The fourth-order valence-corrected chi connectivity index (χ4v) is 9.23. The summed E-state index contributed by atoms with van der Waals surface area (Å²) in [5.41, 5.74) is 15.3. The predicted molar refractivity (Wildman–Crippen MR) is 260 cm³/mol. The molecule has 0 unspecified atom stereocenters. The third-order valence-electron chi connectivity index (χ3n) is 12.2. The first-order valence-corrected chi connectivity index (χ1v) is 21.4. The number of para-hydroxylation sites is 2. The van der Waals surface area contributed by atoms with Gasteiger partial charge in [-0.3, -0.25) is 0 Å². The molecule has 296 valence electrons. The SMILES string of the molecule is Cc1ccc2c3ccccc3n(-c3ccc4c5ccccc5n(-c5cc(-c6nc(-c7ccccc7)nc(-c7ccc(-c8ccccc8)cc7)n6)ccc5-c5ccccc5)c4c3)c2c1. The van der Waals surface area contributed by atoms with Crippen molar-refractivity contribution in [3.63, 3.8) is 0 Å². The Kier molecular flexibility index (Phi) is 8.64. The molecule has 12 rings (SSSR count). The lowest BCUT2D eigenvalue weighted by Crippen LogP contribution is -2.02. The largest absolute Gasteiger partial charge is 0.309 e. The van der Waals surface area contributed by atoms with Gasteiger partial charge in [-0.1, -0.05) is 182 Å². The Morgan fingerprint density at radius 3 is 1.40 bits per heavy atom. The summed E-state index contributed by atoms with van der Waals surface area (Å²) in [7, 11) is 0. The molecule has 0 saturated carbocycles. The van der Waals surface area contributed by atoms with Crippen LogP contribution in [0.5, 0.6) is 0 Å². The van der Waals surface area contributed by atoms with Crippen LogP contribution in [0.2, 0.25) is 0 Å². The molecule has 5 heteroatoms. The second-order valence-electron chi connectivity index (χ2n) is 16.1. The number of aromatic nitrogens is 5. The molecular formula is C58H39N5. The molecule has 0 radical (unpaired) electrons. The van der Waals surface area contributed by atoms with Crippen molar-refractivity contribution in [1.29, 1.82) is 0 Å². The summed E-state index contributed by atoms with van der Waals surface area (Å²) >= 11 is 0. The molecule has 0 spiro atoms. The Morgan fingerprint density at radius 2 is 0.746 bits per heavy atom. The van der Waals surface area contributed by atoms with Crippen LogP contribution in [0.25, 0.3) is 111 Å². The van der Waals surface area contributed by atoms with Gasteiger partial charge in [-0.05, 0) is 65.6 Å². The summed E-state index contributed by atoms with van der Waals surface area (Å²) in [5.74, 6) is 1.85. The molecule has 0 aliphatic heterocycles. The summed E-state index contributed by atoms with van der Waals surface area (Å²) < 4.78 is 4.85. The van der Waals surface area contributed by atoms with E-state index in [1.165, 1.54) is 43.7 Å². The van der Waals surface area contributed by atoms with E-state index in [2.05, 4.69) is 210 Å². The van der Waals surface area contributed by atoms with E-state index in [1.54, 1.807) is 0 Å². The van der Waals surface area contributed by atoms with Gasteiger partial charge in [0.2, 0.25) is 0 Å². The molecule has 0 amide bonds. The van der Waals surface area contributed by atoms with Crippen molar-refractivity contribution >= 4 is 43.6 Å². The maximum atomic E-state index is 5.23. The van der Waals surface area contributed by atoms with Crippen molar-refractivity contribution in [2.75, 3.05) is 0 Å². The highest BCUT2D eigenvalue weighted by atomic mass is 15.0. The zero-order chi connectivity index (χ0) is 41.9. The highest BCUT2D eigenvalue weighted by Crippen LogP contribution is 2.40. The Morgan fingerprint density at radius 1 is 0.302 bits per heavy atom. The lowest BCUT2D eigenvalue weighted by atomic mass is 10.0. The number of fused-ring (bicyclic) bond motifs is 6. The summed E-state index contributed by atoms with van der Waals surface area (Å²) in [5, 5.41) is 4.86. The number of rotatable bonds is 7. The number of nitrogens with zero attached hydrogens (tertiary/aromatic N) is 5. The number of hydrogen-bond acceptors (Lipinski definition) is 3. The van der Waals surface area contributed by atoms with E-state index in [0.717, 1.165) is 55.8 Å². The number of aryl methyl sites for hydroxylation is 1. The Balaban J connectivity index is 1.09. The Labute approximate surface area is 364 Å². The van der Waals surface area contributed by atoms with Crippen LogP contribution < -0.4 is 0 Å². The molecule has 5 nitrogen and oxygen atoms in total. The monoisotopic (exact) mass is 805 g/mol. The van der Waals surface area contributed by atoms with Gasteiger partial charge in [0.25, 0.3) is 0 Å². The molecule has 12 aromatic rings. The first kappa shape index (κ1) is 36.4. The standard InChI is InChI=1S/C58H39N5/c1-38-25-32-49-47-21-11-13-23-51(47)62(53(49)35-38)45-31-34-50-48-22-12-14-24-52(48)63(55(50)37-45)54-36-44(30-33-46(54)41-17-7-3-8-18-41)58-60-56(42-19-9-4-10-20-42)59-57(61-58)43-28-26-40(27-29-43)39-15-5-2-6-16-39/h2-37H,1H3. The van der Waals surface area contributed by atoms with Crippen LogP contribution in [-0.2, 0) is 0 Å². The second kappa shape index (κ2) is 14.9. The van der Waals surface area contributed by atoms with Crippen molar-refractivity contribution < 1.29 is 0 Å². The highest BCUT2D eigenvalue weighted by molar-refractivity contribution is 6.12. The van der Waals surface area contributed by atoms with E-state index in [4.69, 9.17) is 15.0 Å². The maximum absolute atomic E-state index is 5.23. The van der Waals surface area contributed by atoms with Crippen LogP contribution >= 0.6 is 0 Å². The van der Waals surface area contributed by atoms with Gasteiger partial charge in [0.1, 0.15) is 0 Å². The Hall–Kier alpha value is -8.41. The van der Waals surface area contributed by atoms with Crippen LogP contribution in [0.4, 0.5) is 0 Å². The number of benzene rings is 9. The lowest BCUT2D eigenvalue weighted by molar-refractivity contribution is 1.07. The molecular weight excluding hydrogens is 767 g/mol. The highest BCUT2D eigenvalue weighted by Gasteiger charge is 2.21. The van der Waals surface area contributed by atoms with Crippen LogP contribution in [0, 0.1) is 6.92 Å². The average Bonchev–Trinajstić information content (AvgIpc) is 3.86. The predicted octanol–water partition coefficient (Wildman–Crippen LogP) is 14.7. The fraction of sp³-hybridized carbons (Fsp3) is 0.0172. The summed E-state index contributed by atoms with van der Waals surface area (Å²) in [6, 6.07) is 77.5. The molecule has 0 N–H and O–H groups in total. The molecule has 0 bridgehead atoms. The van der Waals surface area contributed by atoms with E-state index < -0.39 is 0 Å². The average molecular weight is 806 g/mol. The summed E-state index contributed by atoms with van der Waals surface area (Å²) in [6.07, 6.45) is 0. The lowest BCUT2D eigenvalue weighted by Gasteiger charge is -2.17. The Bertz CT molecular complexity index is 3660. The number of hydrogen-bond donors (Lipinski definition) is 0. The third kappa shape index (κ3) is 6.29. The normalized spacial score (nSPS) is 11.6. The van der Waals surface area contributed by atoms with Crippen molar-refractivity contribution in [2.24, 2.45) is 0 Å². The molecule has 0 aliphatic carbocycles. The van der Waals surface area contributed by atoms with Gasteiger partial charge < -0.3 is 9.13 Å². The molecule has 0 fully saturated rings. The molecule has 9 aromatic carbocycles. The van der Waals surface area contributed by atoms with Crippen molar-refractivity contribution in [3.8, 4) is 67.8 Å². The van der Waals surface area contributed by atoms with E-state index >= 15 is 0 Å². The van der Waals surface area contributed by atoms with Gasteiger partial charge in [-0.15, -0.1) is 0 Å². The summed E-state index contributed by atoms with van der Waals surface area (Å²) in [4.78, 5) is 15.5. The van der Waals surface area contributed by atoms with Gasteiger partial charge >= 0.3 is 0 Å². The second-order valence-corrected chi connectivity index (χ2v) is 16.1. The summed E-state index contributed by atoms with van der Waals surface area (Å²) in [6.45, 7) is 2.17. The smallest absolute Gasteiger partial charge is 0.164 e. The van der Waals surface area contributed by atoms with Gasteiger partial charge in [0, 0.05) is 49.5 Å². The topological polar surface area (TPSA) is 48.5 Å². The van der Waals surface area contributed by atoms with Crippen molar-refractivity contribution in [2.45, 2.75) is 6.92 Å². The molecule has 0 saturated heterocycles. The van der Waals surface area contributed by atoms with Crippen LogP contribution in [-0.4, -0.2) is 24.1 Å². The van der Waals surface area contributed by atoms with Crippen LogP contribution in [0.3, 0.4) is 0 Å². The van der Waals surface area contributed by atoms with Crippen LogP contribution in [0.15, 0.2) is 218 Å². The first-order valence-electron chi connectivity index (χ1n) is 21.4. The molecule has 3 aromatic heterocycles. The molecule has 3 heterocycles. The van der Waals surface area contributed by atoms with E-state index in [1.807, 2.05) is 24.3 Å². The molecule has 0 atom stereocenters. The van der Waals surface area contributed by atoms with E-state index in [9.17, 15) is 0 Å². The zero-order valence-electron chi connectivity index (χ0n) is 34.5. The van der Waals surface area contributed by atoms with Crippen molar-refractivity contribution in [3.05, 3.63) is 224 Å². The quantitative estimate of drug-likeness (QED) is 0.161. The third-order valence-corrected chi connectivity index (χ3v) is 12.2. The zero-order valence-corrected chi connectivity index (χ0v) is 34.5.